The van der Waals surface area contributed by atoms with Crippen molar-refractivity contribution in [1.82, 2.24) is 0 Å². The Morgan fingerprint density at radius 2 is 1.94 bits per heavy atom. The molecule has 1 heteroatoms. The molecule has 0 aromatic carbocycles. The highest BCUT2D eigenvalue weighted by molar-refractivity contribution is 5.62. The van der Waals surface area contributed by atoms with Crippen LogP contribution in [0.2, 0.25) is 0 Å². The van der Waals surface area contributed by atoms with Gasteiger partial charge in [0.05, 0.1) is 5.70 Å². The van der Waals surface area contributed by atoms with Crippen LogP contribution >= 0.6 is 0 Å². The molecule has 0 saturated carbocycles. The molecule has 1 aliphatic carbocycles. The maximum atomic E-state index is 4.62. The van der Waals surface area contributed by atoms with Gasteiger partial charge < -0.3 is 0 Å². The summed E-state index contributed by atoms with van der Waals surface area (Å²) in [5.74, 6) is 2.65. The van der Waals surface area contributed by atoms with E-state index in [1.54, 1.807) is 0 Å². The Labute approximate surface area is 107 Å². The van der Waals surface area contributed by atoms with Crippen LogP contribution < -0.4 is 0 Å². The predicted molar refractivity (Wildman–Crippen MR) is 77.3 cm³/mol. The molecule has 0 N–H and O–H groups in total. The highest BCUT2D eigenvalue weighted by Gasteiger charge is 2.21. The molecule has 0 saturated heterocycles. The van der Waals surface area contributed by atoms with Crippen LogP contribution in [0.5, 0.6) is 0 Å². The average Bonchev–Trinajstić information content (AvgIpc) is 2.34. The third kappa shape index (κ3) is 4.14. The van der Waals surface area contributed by atoms with Gasteiger partial charge in [-0.15, -0.1) is 0 Å². The summed E-state index contributed by atoms with van der Waals surface area (Å²) in [6.07, 6.45) is 7.90. The lowest BCUT2D eigenvalue weighted by atomic mass is 9.82. The van der Waals surface area contributed by atoms with Gasteiger partial charge in [-0.3, -0.25) is 4.99 Å². The lowest BCUT2D eigenvalue weighted by molar-refractivity contribution is 0.316. The molecular weight excluding hydrogens is 206 g/mol. The molecule has 0 amide bonds. The van der Waals surface area contributed by atoms with Gasteiger partial charge in [-0.2, -0.15) is 0 Å². The molecule has 0 bridgehead atoms. The van der Waals surface area contributed by atoms with Gasteiger partial charge >= 0.3 is 0 Å². The molecule has 0 spiro atoms. The zero-order valence-corrected chi connectivity index (χ0v) is 12.2. The van der Waals surface area contributed by atoms with Crippen molar-refractivity contribution in [1.29, 1.82) is 0 Å². The second-order valence-corrected chi connectivity index (χ2v) is 5.96. The first-order valence-electron chi connectivity index (χ1n) is 6.85. The Hall–Kier alpha value is -0.850. The van der Waals surface area contributed by atoms with Crippen LogP contribution in [0.15, 0.2) is 28.4 Å². The van der Waals surface area contributed by atoms with Gasteiger partial charge in [-0.1, -0.05) is 46.8 Å². The maximum absolute atomic E-state index is 4.62. The third-order valence-electron chi connectivity index (χ3n) is 3.54. The van der Waals surface area contributed by atoms with Gasteiger partial charge in [-0.05, 0) is 42.6 Å². The minimum absolute atomic E-state index is 0.519. The predicted octanol–water partition coefficient (Wildman–Crippen LogP) is 4.86. The van der Waals surface area contributed by atoms with Crippen LogP contribution in [0.4, 0.5) is 0 Å². The topological polar surface area (TPSA) is 12.4 Å². The molecule has 2 atom stereocenters. The molecule has 0 aliphatic heterocycles. The van der Waals surface area contributed by atoms with Crippen molar-refractivity contribution in [3.05, 3.63) is 23.4 Å². The first kappa shape index (κ1) is 14.2. The number of hydrogen-bond donors (Lipinski definition) is 0. The fraction of sp³-hybridized carbons (Fsp3) is 0.688. The van der Waals surface area contributed by atoms with E-state index in [0.717, 1.165) is 18.3 Å². The summed E-state index contributed by atoms with van der Waals surface area (Å²) in [4.78, 5) is 4.62. The molecule has 0 aromatic heterocycles. The largest absolute Gasteiger partial charge is 0.261 e. The van der Waals surface area contributed by atoms with Crippen molar-refractivity contribution in [3.63, 3.8) is 0 Å². The van der Waals surface area contributed by atoms with E-state index in [9.17, 15) is 0 Å². The first-order valence-corrected chi connectivity index (χ1v) is 6.85. The average molecular weight is 233 g/mol. The van der Waals surface area contributed by atoms with E-state index in [0.29, 0.717) is 11.8 Å². The Balaban J connectivity index is 2.90. The van der Waals surface area contributed by atoms with Gasteiger partial charge in [-0.25, -0.2) is 0 Å². The summed E-state index contributed by atoms with van der Waals surface area (Å²) < 4.78 is 0. The Bertz CT molecular complexity index is 331. The zero-order chi connectivity index (χ0) is 13.0. The third-order valence-corrected chi connectivity index (χ3v) is 3.54. The minimum Gasteiger partial charge on any atom is -0.261 e. The summed E-state index contributed by atoms with van der Waals surface area (Å²) in [7, 11) is 0. The van der Waals surface area contributed by atoms with Crippen LogP contribution in [-0.2, 0) is 0 Å². The number of aliphatic imine (C=N–C) groups is 1. The minimum atomic E-state index is 0.519. The Morgan fingerprint density at radius 1 is 1.29 bits per heavy atom. The van der Waals surface area contributed by atoms with E-state index in [-0.39, 0.29) is 0 Å². The van der Waals surface area contributed by atoms with E-state index in [2.05, 4.69) is 58.7 Å². The zero-order valence-electron chi connectivity index (χ0n) is 12.2. The van der Waals surface area contributed by atoms with E-state index < -0.39 is 0 Å². The molecule has 1 nitrogen and oxygen atoms in total. The number of allylic oxidation sites excluding steroid dienone is 3. The summed E-state index contributed by atoms with van der Waals surface area (Å²) in [6.45, 7) is 13.5. The van der Waals surface area contributed by atoms with E-state index in [1.807, 2.05) is 6.21 Å². The standard InChI is InChI=1S/C16H27N/c1-11(2)10-17-16-8-7-15(12(3)4)13(5)9-14(16)6/h8-13,15H,7H2,1-6H3/t13?,15-/m0/s1. The van der Waals surface area contributed by atoms with Gasteiger partial charge in [0, 0.05) is 6.21 Å². The van der Waals surface area contributed by atoms with Crippen molar-refractivity contribution in [3.8, 4) is 0 Å². The van der Waals surface area contributed by atoms with E-state index in [4.69, 9.17) is 0 Å². The van der Waals surface area contributed by atoms with E-state index in [1.165, 1.54) is 11.3 Å². The second-order valence-electron chi connectivity index (χ2n) is 5.96. The molecule has 1 aliphatic rings. The smallest absolute Gasteiger partial charge is 0.0612 e. The number of rotatable bonds is 3. The SMILES string of the molecule is CC1=CC(C)[C@H](C(C)C)CC=C1N=CC(C)C. The quantitative estimate of drug-likeness (QED) is 0.618. The normalized spacial score (nSPS) is 26.4. The molecule has 17 heavy (non-hydrogen) atoms. The van der Waals surface area contributed by atoms with Crippen LogP contribution in [-0.4, -0.2) is 6.21 Å². The Morgan fingerprint density at radius 3 is 2.47 bits per heavy atom. The van der Waals surface area contributed by atoms with Gasteiger partial charge in [0.15, 0.2) is 0 Å². The summed E-state index contributed by atoms with van der Waals surface area (Å²) in [5.41, 5.74) is 2.51. The monoisotopic (exact) mass is 233 g/mol. The lowest BCUT2D eigenvalue weighted by Crippen LogP contribution is -2.14. The second kappa shape index (κ2) is 6.18. The molecular formula is C16H27N. The molecule has 0 heterocycles. The van der Waals surface area contributed by atoms with Crippen molar-refractivity contribution in [2.45, 2.75) is 48.0 Å². The molecule has 1 rings (SSSR count). The summed E-state index contributed by atoms with van der Waals surface area (Å²) in [6, 6.07) is 0. The molecule has 1 unspecified atom stereocenters. The Kier molecular flexibility index (Phi) is 5.17. The first-order chi connectivity index (χ1) is 7.91. The van der Waals surface area contributed by atoms with E-state index >= 15 is 0 Å². The van der Waals surface area contributed by atoms with Crippen molar-refractivity contribution >= 4 is 6.21 Å². The molecule has 96 valence electrons. The fourth-order valence-corrected chi connectivity index (χ4v) is 2.49. The van der Waals surface area contributed by atoms with Gasteiger partial charge in [0.25, 0.3) is 0 Å². The number of hydrogen-bond acceptors (Lipinski definition) is 1. The lowest BCUT2D eigenvalue weighted by Gasteiger charge is -2.23. The highest BCUT2D eigenvalue weighted by atomic mass is 14.7. The summed E-state index contributed by atoms with van der Waals surface area (Å²) >= 11 is 0. The molecule has 0 aromatic rings. The van der Waals surface area contributed by atoms with Gasteiger partial charge in [0.1, 0.15) is 0 Å². The van der Waals surface area contributed by atoms with Crippen LogP contribution in [0.25, 0.3) is 0 Å². The molecule has 0 radical (unpaired) electrons. The van der Waals surface area contributed by atoms with Crippen molar-refractivity contribution in [2.75, 3.05) is 0 Å². The van der Waals surface area contributed by atoms with Crippen LogP contribution in [0.3, 0.4) is 0 Å². The maximum Gasteiger partial charge on any atom is 0.0612 e. The summed E-state index contributed by atoms with van der Waals surface area (Å²) in [5, 5.41) is 0. The van der Waals surface area contributed by atoms with Crippen LogP contribution in [0, 0.1) is 23.7 Å². The van der Waals surface area contributed by atoms with Crippen molar-refractivity contribution in [2.24, 2.45) is 28.7 Å². The van der Waals surface area contributed by atoms with Gasteiger partial charge in [0.2, 0.25) is 0 Å². The van der Waals surface area contributed by atoms with Crippen molar-refractivity contribution < 1.29 is 0 Å². The highest BCUT2D eigenvalue weighted by Crippen LogP contribution is 2.32. The number of nitrogens with zero attached hydrogens (tertiary/aromatic N) is 1. The van der Waals surface area contributed by atoms with Crippen LogP contribution in [0.1, 0.15) is 48.0 Å². The molecule has 0 fully saturated rings. The fourth-order valence-electron chi connectivity index (χ4n) is 2.49.